The molecule has 0 amide bonds. The summed E-state index contributed by atoms with van der Waals surface area (Å²) in [6.07, 6.45) is 3.34. The van der Waals surface area contributed by atoms with Gasteiger partial charge in [-0.25, -0.2) is 4.39 Å². The first-order valence-electron chi connectivity index (χ1n) is 5.79. The summed E-state index contributed by atoms with van der Waals surface area (Å²) < 4.78 is 13.4. The molecule has 17 heavy (non-hydrogen) atoms. The molecule has 0 radical (unpaired) electrons. The van der Waals surface area contributed by atoms with Crippen molar-refractivity contribution in [3.63, 3.8) is 0 Å². The SMILES string of the molecule is NCCCCCC(=O)Cc1ccc(Cl)cc1F. The minimum absolute atomic E-state index is 0.0586. The Morgan fingerprint density at radius 2 is 2.06 bits per heavy atom. The van der Waals surface area contributed by atoms with E-state index in [9.17, 15) is 9.18 Å². The molecule has 0 atom stereocenters. The molecule has 0 aliphatic carbocycles. The van der Waals surface area contributed by atoms with Crippen LogP contribution in [0.15, 0.2) is 18.2 Å². The summed E-state index contributed by atoms with van der Waals surface area (Å²) in [5.41, 5.74) is 5.77. The normalized spacial score (nSPS) is 10.5. The third-order valence-corrected chi connectivity index (χ3v) is 2.80. The maximum absolute atomic E-state index is 13.4. The number of Topliss-reactive ketones (excluding diaryl/α,β-unsaturated/α-hetero) is 1. The van der Waals surface area contributed by atoms with Crippen LogP contribution < -0.4 is 5.73 Å². The Balaban J connectivity index is 2.40. The molecule has 1 aromatic rings. The number of hydrogen-bond donors (Lipinski definition) is 1. The molecule has 0 fully saturated rings. The van der Waals surface area contributed by atoms with Crippen LogP contribution in [0, 0.1) is 5.82 Å². The lowest BCUT2D eigenvalue weighted by Crippen LogP contribution is -2.05. The molecule has 94 valence electrons. The minimum atomic E-state index is -0.409. The molecule has 0 aliphatic rings. The molecule has 1 aromatic carbocycles. The topological polar surface area (TPSA) is 43.1 Å². The third kappa shape index (κ3) is 5.29. The first kappa shape index (κ1) is 14.1. The molecule has 0 heterocycles. The number of ketones is 1. The second kappa shape index (κ2) is 7.41. The van der Waals surface area contributed by atoms with E-state index in [1.54, 1.807) is 12.1 Å². The third-order valence-electron chi connectivity index (χ3n) is 2.56. The van der Waals surface area contributed by atoms with Gasteiger partial charge in [0.1, 0.15) is 11.6 Å². The first-order chi connectivity index (χ1) is 8.13. The number of unbranched alkanes of at least 4 members (excludes halogenated alkanes) is 2. The highest BCUT2D eigenvalue weighted by molar-refractivity contribution is 6.30. The van der Waals surface area contributed by atoms with Gasteiger partial charge in [0, 0.05) is 17.9 Å². The molecule has 4 heteroatoms. The molecule has 0 spiro atoms. The number of benzene rings is 1. The van der Waals surface area contributed by atoms with Crippen molar-refractivity contribution >= 4 is 17.4 Å². The molecular formula is C13H17ClFNO. The summed E-state index contributed by atoms with van der Waals surface area (Å²) in [5.74, 6) is -0.351. The van der Waals surface area contributed by atoms with Crippen molar-refractivity contribution in [2.45, 2.75) is 32.1 Å². The van der Waals surface area contributed by atoms with E-state index in [0.717, 1.165) is 19.3 Å². The fourth-order valence-electron chi connectivity index (χ4n) is 1.61. The highest BCUT2D eigenvalue weighted by atomic mass is 35.5. The zero-order valence-corrected chi connectivity index (χ0v) is 10.5. The molecule has 0 aromatic heterocycles. The number of nitrogens with two attached hydrogens (primary N) is 1. The quantitative estimate of drug-likeness (QED) is 0.763. The zero-order chi connectivity index (χ0) is 12.7. The van der Waals surface area contributed by atoms with Crippen molar-refractivity contribution < 1.29 is 9.18 Å². The average Bonchev–Trinajstić information content (AvgIpc) is 2.28. The molecule has 1 rings (SSSR count). The van der Waals surface area contributed by atoms with Crippen LogP contribution in [-0.2, 0) is 11.2 Å². The van der Waals surface area contributed by atoms with Gasteiger partial charge in [-0.15, -0.1) is 0 Å². The maximum atomic E-state index is 13.4. The number of hydrogen-bond acceptors (Lipinski definition) is 2. The molecule has 0 aliphatic heterocycles. The van der Waals surface area contributed by atoms with Crippen molar-refractivity contribution in [2.75, 3.05) is 6.54 Å². The van der Waals surface area contributed by atoms with Crippen LogP contribution in [0.5, 0.6) is 0 Å². The summed E-state index contributed by atoms with van der Waals surface area (Å²) in [6, 6.07) is 4.40. The van der Waals surface area contributed by atoms with E-state index < -0.39 is 5.82 Å². The predicted octanol–water partition coefficient (Wildman–Crippen LogP) is 3.11. The molecule has 0 bridgehead atoms. The van der Waals surface area contributed by atoms with Crippen LogP contribution in [0.25, 0.3) is 0 Å². The van der Waals surface area contributed by atoms with Gasteiger partial charge in [-0.3, -0.25) is 4.79 Å². The number of rotatable bonds is 7. The lowest BCUT2D eigenvalue weighted by molar-refractivity contribution is -0.118. The fourth-order valence-corrected chi connectivity index (χ4v) is 1.77. The van der Waals surface area contributed by atoms with Crippen LogP contribution in [0.2, 0.25) is 5.02 Å². The second-order valence-electron chi connectivity index (χ2n) is 4.05. The Hall–Kier alpha value is -0.930. The summed E-state index contributed by atoms with van der Waals surface area (Å²) in [6.45, 7) is 0.653. The Bertz CT molecular complexity index is 382. The zero-order valence-electron chi connectivity index (χ0n) is 9.72. The van der Waals surface area contributed by atoms with Crippen molar-refractivity contribution in [1.29, 1.82) is 0 Å². The van der Waals surface area contributed by atoms with Crippen LogP contribution >= 0.6 is 11.6 Å². The summed E-state index contributed by atoms with van der Waals surface area (Å²) in [7, 11) is 0. The van der Waals surface area contributed by atoms with Crippen molar-refractivity contribution in [3.05, 3.63) is 34.6 Å². The summed E-state index contributed by atoms with van der Waals surface area (Å²) in [4.78, 5) is 11.6. The molecule has 2 nitrogen and oxygen atoms in total. The van der Waals surface area contributed by atoms with E-state index in [-0.39, 0.29) is 12.2 Å². The van der Waals surface area contributed by atoms with Gasteiger partial charge in [0.25, 0.3) is 0 Å². The van der Waals surface area contributed by atoms with Crippen LogP contribution in [0.3, 0.4) is 0 Å². The van der Waals surface area contributed by atoms with E-state index in [1.165, 1.54) is 6.07 Å². The summed E-state index contributed by atoms with van der Waals surface area (Å²) >= 11 is 5.64. The second-order valence-corrected chi connectivity index (χ2v) is 4.49. The van der Waals surface area contributed by atoms with Crippen LogP contribution in [0.4, 0.5) is 4.39 Å². The average molecular weight is 258 g/mol. The van der Waals surface area contributed by atoms with Crippen LogP contribution in [-0.4, -0.2) is 12.3 Å². The van der Waals surface area contributed by atoms with E-state index in [0.29, 0.717) is 23.6 Å². The molecule has 0 saturated carbocycles. The minimum Gasteiger partial charge on any atom is -0.330 e. The number of halogens is 2. The van der Waals surface area contributed by atoms with E-state index in [2.05, 4.69) is 0 Å². The van der Waals surface area contributed by atoms with E-state index in [1.807, 2.05) is 0 Å². The Morgan fingerprint density at radius 1 is 1.29 bits per heavy atom. The van der Waals surface area contributed by atoms with Gasteiger partial charge in [0.15, 0.2) is 0 Å². The van der Waals surface area contributed by atoms with Crippen molar-refractivity contribution in [2.24, 2.45) is 5.73 Å². The molecule has 0 unspecified atom stereocenters. The van der Waals surface area contributed by atoms with Gasteiger partial charge in [-0.2, -0.15) is 0 Å². The molecule has 2 N–H and O–H groups in total. The van der Waals surface area contributed by atoms with Crippen LogP contribution in [0.1, 0.15) is 31.2 Å². The number of carbonyl (C=O) groups is 1. The van der Waals surface area contributed by atoms with Crippen molar-refractivity contribution in [1.82, 2.24) is 0 Å². The Morgan fingerprint density at radius 3 is 2.71 bits per heavy atom. The molecular weight excluding hydrogens is 241 g/mol. The van der Waals surface area contributed by atoms with Gasteiger partial charge >= 0.3 is 0 Å². The fraction of sp³-hybridized carbons (Fsp3) is 0.462. The predicted molar refractivity (Wildman–Crippen MR) is 67.6 cm³/mol. The maximum Gasteiger partial charge on any atom is 0.137 e. The van der Waals surface area contributed by atoms with Gasteiger partial charge in [-0.1, -0.05) is 24.1 Å². The van der Waals surface area contributed by atoms with Gasteiger partial charge in [-0.05, 0) is 37.1 Å². The lowest BCUT2D eigenvalue weighted by Gasteiger charge is -2.03. The smallest absolute Gasteiger partial charge is 0.137 e. The lowest BCUT2D eigenvalue weighted by atomic mass is 10.0. The standard InChI is InChI=1S/C13H17ClFNO/c14-11-6-5-10(13(15)9-11)8-12(17)4-2-1-3-7-16/h5-6,9H,1-4,7-8,16H2. The Labute approximate surface area is 106 Å². The largest absolute Gasteiger partial charge is 0.330 e. The van der Waals surface area contributed by atoms with Gasteiger partial charge in [0.05, 0.1) is 0 Å². The monoisotopic (exact) mass is 257 g/mol. The summed E-state index contributed by atoms with van der Waals surface area (Å²) in [5, 5.41) is 0.349. The Kier molecular flexibility index (Phi) is 6.16. The van der Waals surface area contributed by atoms with E-state index >= 15 is 0 Å². The van der Waals surface area contributed by atoms with Gasteiger partial charge in [0.2, 0.25) is 0 Å². The van der Waals surface area contributed by atoms with Crippen molar-refractivity contribution in [3.8, 4) is 0 Å². The van der Waals surface area contributed by atoms with E-state index in [4.69, 9.17) is 17.3 Å². The van der Waals surface area contributed by atoms with Gasteiger partial charge < -0.3 is 5.73 Å². The number of carbonyl (C=O) groups excluding carboxylic acids is 1. The highest BCUT2D eigenvalue weighted by Crippen LogP contribution is 2.16. The highest BCUT2D eigenvalue weighted by Gasteiger charge is 2.08. The molecule has 0 saturated heterocycles. The first-order valence-corrected chi connectivity index (χ1v) is 6.17.